The number of hydrogen-bond acceptors (Lipinski definition) is 7. The summed E-state index contributed by atoms with van der Waals surface area (Å²) < 4.78 is 0. The number of piperidine rings is 2. The number of nitrogens with zero attached hydrogens (tertiary/aromatic N) is 5. The van der Waals surface area contributed by atoms with Crippen LogP contribution >= 0.6 is 11.6 Å². The quantitative estimate of drug-likeness (QED) is 0.146. The van der Waals surface area contributed by atoms with Crippen LogP contribution in [0.4, 0.5) is 11.4 Å². The number of halogens is 1. The van der Waals surface area contributed by atoms with Crippen molar-refractivity contribution in [3.05, 3.63) is 195 Å². The Hall–Kier alpha value is -7.60. The summed E-state index contributed by atoms with van der Waals surface area (Å²) in [6, 6.07) is 43.0. The number of rotatable bonds is 9. The highest BCUT2D eigenvalue weighted by Gasteiger charge is 2.27. The lowest BCUT2D eigenvalue weighted by Crippen LogP contribution is -2.38. The summed E-state index contributed by atoms with van der Waals surface area (Å²) in [7, 11) is 0. The molecular formula is C53H48ClN7O4. The third-order valence-corrected chi connectivity index (χ3v) is 12.3. The number of aromatic nitrogens is 1. The van der Waals surface area contributed by atoms with Crippen LogP contribution in [0.2, 0.25) is 5.02 Å². The van der Waals surface area contributed by atoms with Crippen LogP contribution in [0.5, 0.6) is 0 Å². The first kappa shape index (κ1) is 45.4. The molecule has 4 amide bonds. The highest BCUT2D eigenvalue weighted by atomic mass is 35.5. The second-order valence-electron chi connectivity index (χ2n) is 16.2. The zero-order chi connectivity index (χ0) is 45.7. The van der Waals surface area contributed by atoms with Crippen LogP contribution in [-0.4, -0.2) is 64.6 Å². The van der Waals surface area contributed by atoms with Crippen LogP contribution in [0.3, 0.4) is 0 Å². The van der Waals surface area contributed by atoms with E-state index in [-0.39, 0.29) is 23.6 Å². The molecule has 0 bridgehead atoms. The second-order valence-corrected chi connectivity index (χ2v) is 16.6. The first-order chi connectivity index (χ1) is 31.6. The summed E-state index contributed by atoms with van der Waals surface area (Å²) >= 11 is 6.25. The third kappa shape index (κ3) is 11.9. The van der Waals surface area contributed by atoms with E-state index in [1.807, 2.05) is 108 Å². The number of nitrogens with one attached hydrogen (secondary N) is 2. The van der Waals surface area contributed by atoms with Gasteiger partial charge in [0.15, 0.2) is 0 Å². The van der Waals surface area contributed by atoms with E-state index < -0.39 is 0 Å². The summed E-state index contributed by atoms with van der Waals surface area (Å²) in [5.74, 6) is 0.229. The Morgan fingerprint density at radius 3 is 1.66 bits per heavy atom. The van der Waals surface area contributed by atoms with Crippen molar-refractivity contribution in [3.63, 3.8) is 0 Å². The summed E-state index contributed by atoms with van der Waals surface area (Å²) in [6.45, 7) is 4.59. The topological polar surface area (TPSA) is 159 Å². The van der Waals surface area contributed by atoms with E-state index in [4.69, 9.17) is 22.1 Å². The Morgan fingerprint density at radius 1 is 0.631 bits per heavy atom. The molecule has 3 heterocycles. The van der Waals surface area contributed by atoms with Gasteiger partial charge in [0.2, 0.25) is 5.91 Å². The monoisotopic (exact) mass is 881 g/mol. The van der Waals surface area contributed by atoms with E-state index in [1.165, 1.54) is 17.3 Å². The maximum atomic E-state index is 13.1. The number of benzene rings is 5. The van der Waals surface area contributed by atoms with Gasteiger partial charge in [-0.3, -0.25) is 24.2 Å². The molecule has 2 N–H and O–H groups in total. The molecule has 1 aromatic heterocycles. The smallest absolute Gasteiger partial charge is 0.257 e. The number of likely N-dealkylation sites (tertiary alicyclic amines) is 2. The minimum absolute atomic E-state index is 0.00756. The molecule has 2 fully saturated rings. The zero-order valence-corrected chi connectivity index (χ0v) is 36.8. The van der Waals surface area contributed by atoms with E-state index in [1.54, 1.807) is 42.6 Å². The number of nitriles is 2. The highest BCUT2D eigenvalue weighted by molar-refractivity contribution is 6.34. The Labute approximate surface area is 384 Å². The van der Waals surface area contributed by atoms with Gasteiger partial charge in [-0.15, -0.1) is 0 Å². The van der Waals surface area contributed by atoms with E-state index in [0.717, 1.165) is 36.8 Å². The van der Waals surface area contributed by atoms with E-state index in [0.29, 0.717) is 88.7 Å². The highest BCUT2D eigenvalue weighted by Crippen LogP contribution is 2.32. The van der Waals surface area contributed by atoms with Crippen molar-refractivity contribution in [2.45, 2.75) is 50.9 Å². The Balaban J connectivity index is 0.000000194. The van der Waals surface area contributed by atoms with Gasteiger partial charge in [-0.05, 0) is 133 Å². The zero-order valence-electron chi connectivity index (χ0n) is 36.0. The predicted octanol–water partition coefficient (Wildman–Crippen LogP) is 9.95. The normalized spacial score (nSPS) is 13.9. The van der Waals surface area contributed by atoms with Crippen LogP contribution < -0.4 is 10.6 Å². The van der Waals surface area contributed by atoms with Gasteiger partial charge in [0.05, 0.1) is 46.0 Å². The lowest BCUT2D eigenvalue weighted by Gasteiger charge is -2.32. The number of anilines is 2. The van der Waals surface area contributed by atoms with Crippen molar-refractivity contribution in [1.29, 1.82) is 10.5 Å². The average Bonchev–Trinajstić information content (AvgIpc) is 3.36. The van der Waals surface area contributed by atoms with Gasteiger partial charge in [0.1, 0.15) is 0 Å². The largest absolute Gasteiger partial charge is 0.339 e. The van der Waals surface area contributed by atoms with Gasteiger partial charge in [-0.25, -0.2) is 0 Å². The predicted molar refractivity (Wildman–Crippen MR) is 252 cm³/mol. The molecule has 0 radical (unpaired) electrons. The van der Waals surface area contributed by atoms with Gasteiger partial charge in [-0.2, -0.15) is 10.5 Å². The van der Waals surface area contributed by atoms with Crippen LogP contribution in [0.1, 0.15) is 102 Å². The molecule has 12 heteroatoms. The van der Waals surface area contributed by atoms with Crippen molar-refractivity contribution >= 4 is 46.6 Å². The summed E-state index contributed by atoms with van der Waals surface area (Å²) in [5, 5.41) is 24.0. The fraction of sp³-hybridized carbons (Fsp3) is 0.226. The van der Waals surface area contributed by atoms with Crippen molar-refractivity contribution < 1.29 is 19.2 Å². The standard InChI is InChI=1S/C28H27N3O2.C25H21ClN4O2/c1-20-7-10-25(18-26(20)30-27(32)17-21-5-3-2-4-6-21)28(33)31-15-13-24(14-16-31)23-11-8-22(19-29)9-12-23;26-22-8-7-20(14-23(22)29-24(31)21-2-1-11-28-16-21)25(32)30-12-9-19(10-13-30)18-5-3-17(15-27)4-6-18/h2-12,18,24H,13-17H2,1H3,(H,30,32);1-8,11,14,16,19H,9-10,12-13H2,(H,29,31). The van der Waals surface area contributed by atoms with Gasteiger partial charge in [0, 0.05) is 55.4 Å². The lowest BCUT2D eigenvalue weighted by molar-refractivity contribution is -0.115. The van der Waals surface area contributed by atoms with Crippen molar-refractivity contribution in [2.75, 3.05) is 36.8 Å². The second kappa shape index (κ2) is 21.7. The maximum Gasteiger partial charge on any atom is 0.257 e. The number of carbonyl (C=O) groups excluding carboxylic acids is 4. The van der Waals surface area contributed by atoms with Gasteiger partial charge >= 0.3 is 0 Å². The summed E-state index contributed by atoms with van der Waals surface area (Å²) in [6.07, 6.45) is 6.85. The first-order valence-corrected chi connectivity index (χ1v) is 22.0. The molecule has 0 atom stereocenters. The van der Waals surface area contributed by atoms with Crippen molar-refractivity contribution in [3.8, 4) is 12.1 Å². The molecule has 0 saturated carbocycles. The van der Waals surface area contributed by atoms with Gasteiger partial charge in [0.25, 0.3) is 17.7 Å². The van der Waals surface area contributed by atoms with Crippen molar-refractivity contribution in [2.24, 2.45) is 0 Å². The minimum atomic E-state index is -0.340. The maximum absolute atomic E-state index is 13.1. The Kier molecular flexibility index (Phi) is 15.1. The Bertz CT molecular complexity index is 2720. The molecule has 326 valence electrons. The van der Waals surface area contributed by atoms with E-state index in [2.05, 4.69) is 27.8 Å². The van der Waals surface area contributed by atoms with Crippen LogP contribution in [-0.2, 0) is 11.2 Å². The minimum Gasteiger partial charge on any atom is -0.339 e. The molecular weight excluding hydrogens is 834 g/mol. The molecule has 11 nitrogen and oxygen atoms in total. The lowest BCUT2D eigenvalue weighted by atomic mass is 9.89. The molecule has 2 aliphatic heterocycles. The van der Waals surface area contributed by atoms with E-state index >= 15 is 0 Å². The Morgan fingerprint density at radius 2 is 1.15 bits per heavy atom. The van der Waals surface area contributed by atoms with E-state index in [9.17, 15) is 19.2 Å². The summed E-state index contributed by atoms with van der Waals surface area (Å²) in [4.78, 5) is 58.8. The number of hydrogen-bond donors (Lipinski definition) is 2. The van der Waals surface area contributed by atoms with Crippen LogP contribution in [0.25, 0.3) is 0 Å². The molecule has 2 aliphatic rings. The SMILES string of the molecule is Cc1ccc(C(=O)N2CCC(c3ccc(C#N)cc3)CC2)cc1NC(=O)Cc1ccccc1.N#Cc1ccc(C2CCN(C(=O)c3ccc(Cl)c(NC(=O)c4cccnc4)c3)CC2)cc1. The molecule has 5 aromatic carbocycles. The van der Waals surface area contributed by atoms with Gasteiger partial charge < -0.3 is 20.4 Å². The molecule has 2 saturated heterocycles. The number of aryl methyl sites for hydroxylation is 1. The molecule has 6 aromatic rings. The fourth-order valence-corrected chi connectivity index (χ4v) is 8.33. The first-order valence-electron chi connectivity index (χ1n) is 21.6. The number of pyridine rings is 1. The molecule has 0 unspecified atom stereocenters. The molecule has 0 spiro atoms. The fourth-order valence-electron chi connectivity index (χ4n) is 8.17. The molecule has 8 rings (SSSR count). The van der Waals surface area contributed by atoms with Gasteiger partial charge in [-0.1, -0.05) is 72.3 Å². The molecule has 0 aliphatic carbocycles. The van der Waals surface area contributed by atoms with Crippen LogP contribution in [0.15, 0.2) is 140 Å². The van der Waals surface area contributed by atoms with Crippen molar-refractivity contribution in [1.82, 2.24) is 14.8 Å². The number of amides is 4. The number of carbonyl (C=O) groups is 4. The summed E-state index contributed by atoms with van der Waals surface area (Å²) in [5.41, 5.74) is 8.15. The third-order valence-electron chi connectivity index (χ3n) is 11.9. The van der Waals surface area contributed by atoms with Crippen LogP contribution in [0, 0.1) is 29.6 Å². The molecule has 65 heavy (non-hydrogen) atoms. The average molecular weight is 882 g/mol.